The lowest BCUT2D eigenvalue weighted by Crippen LogP contribution is -2.33. The van der Waals surface area contributed by atoms with Gasteiger partial charge >= 0.3 is 0 Å². The van der Waals surface area contributed by atoms with E-state index in [1.54, 1.807) is 12.5 Å². The molecule has 0 heterocycles. The second kappa shape index (κ2) is 9.91. The summed E-state index contributed by atoms with van der Waals surface area (Å²) in [6.07, 6.45) is 16.2. The predicted molar refractivity (Wildman–Crippen MR) is 129 cm³/mol. The Hall–Kier alpha value is -1.59. The maximum Gasteiger partial charge on any atom is 0.125 e. The molecule has 4 aliphatic carbocycles. The van der Waals surface area contributed by atoms with E-state index in [-0.39, 0.29) is 10.8 Å². The van der Waals surface area contributed by atoms with Crippen LogP contribution in [-0.2, 0) is 0 Å². The minimum absolute atomic E-state index is 0.234. The van der Waals surface area contributed by atoms with Gasteiger partial charge in [-0.25, -0.2) is 4.39 Å². The van der Waals surface area contributed by atoms with E-state index in [1.165, 1.54) is 31.3 Å². The Morgan fingerprint density at radius 1 is 1.23 bits per heavy atom. The molecule has 1 nitrogen and oxygen atoms in total. The molecule has 0 spiro atoms. The summed E-state index contributed by atoms with van der Waals surface area (Å²) in [4.78, 5) is 0. The van der Waals surface area contributed by atoms with E-state index < -0.39 is 12.3 Å². The molecular weight excluding hydrogens is 383 g/mol. The smallest absolute Gasteiger partial charge is 0.125 e. The lowest BCUT2D eigenvalue weighted by atomic mass is 9.61. The van der Waals surface area contributed by atoms with Crippen molar-refractivity contribution in [2.75, 3.05) is 0 Å². The minimum atomic E-state index is -0.859. The summed E-state index contributed by atoms with van der Waals surface area (Å²) in [7, 11) is 0. The lowest BCUT2D eigenvalue weighted by molar-refractivity contribution is 0.212. The van der Waals surface area contributed by atoms with E-state index in [0.717, 1.165) is 37.7 Å². The molecule has 1 N–H and O–H groups in total. The Morgan fingerprint density at radius 2 is 1.97 bits per heavy atom. The molecule has 0 aliphatic heterocycles. The topological polar surface area (TPSA) is 20.2 Å². The average Bonchev–Trinajstić information content (AvgIpc) is 3.43. The van der Waals surface area contributed by atoms with Crippen molar-refractivity contribution in [1.82, 2.24) is 0 Å². The lowest BCUT2D eigenvalue weighted by Gasteiger charge is -2.43. The summed E-state index contributed by atoms with van der Waals surface area (Å²) in [5.74, 6) is 6.77. The summed E-state index contributed by atoms with van der Waals surface area (Å²) in [5, 5.41) is 9.48. The molecule has 0 aromatic carbocycles. The first-order valence-electron chi connectivity index (χ1n) is 12.5. The van der Waals surface area contributed by atoms with E-state index in [2.05, 4.69) is 43.6 Å². The van der Waals surface area contributed by atoms with Crippen molar-refractivity contribution in [2.45, 2.75) is 104 Å². The fourth-order valence-electron chi connectivity index (χ4n) is 6.11. The van der Waals surface area contributed by atoms with Gasteiger partial charge in [-0.3, -0.25) is 0 Å². The van der Waals surface area contributed by atoms with E-state index in [1.807, 2.05) is 13.8 Å². The average molecular weight is 425 g/mol. The van der Waals surface area contributed by atoms with Crippen LogP contribution in [0.1, 0.15) is 91.9 Å². The Kier molecular flexibility index (Phi) is 7.69. The highest BCUT2D eigenvalue weighted by atomic mass is 19.1. The van der Waals surface area contributed by atoms with Crippen LogP contribution in [0.25, 0.3) is 0 Å². The Balaban J connectivity index is 0.00000132. The van der Waals surface area contributed by atoms with Crippen LogP contribution in [-0.4, -0.2) is 17.4 Å². The molecule has 3 saturated carbocycles. The van der Waals surface area contributed by atoms with Crippen molar-refractivity contribution in [3.8, 4) is 11.8 Å². The first-order valence-corrected chi connectivity index (χ1v) is 12.5. The minimum Gasteiger partial charge on any atom is -0.381 e. The van der Waals surface area contributed by atoms with Crippen LogP contribution in [0.5, 0.6) is 0 Å². The highest BCUT2D eigenvalue weighted by Gasteiger charge is 2.56. The monoisotopic (exact) mass is 424 g/mol. The van der Waals surface area contributed by atoms with Crippen LogP contribution in [0.2, 0.25) is 0 Å². The molecule has 2 heteroatoms. The molecule has 170 valence electrons. The molecule has 4 rings (SSSR count). The largest absolute Gasteiger partial charge is 0.381 e. The fraction of sp³-hybridized carbons (Fsp3) is 0.655. The number of hydrogen-bond acceptors (Lipinski definition) is 1. The molecule has 0 saturated heterocycles. The van der Waals surface area contributed by atoms with Gasteiger partial charge in [0.1, 0.15) is 12.3 Å². The summed E-state index contributed by atoms with van der Waals surface area (Å²) in [6, 6.07) is 0. The molecule has 0 aromatic heterocycles. The molecule has 4 unspecified atom stereocenters. The van der Waals surface area contributed by atoms with Gasteiger partial charge in [-0.05, 0) is 87.2 Å². The van der Waals surface area contributed by atoms with Gasteiger partial charge in [0, 0.05) is 11.8 Å². The van der Waals surface area contributed by atoms with Gasteiger partial charge < -0.3 is 5.11 Å². The zero-order chi connectivity index (χ0) is 22.6. The van der Waals surface area contributed by atoms with Crippen molar-refractivity contribution in [2.24, 2.45) is 16.7 Å². The molecule has 3 fully saturated rings. The van der Waals surface area contributed by atoms with Crippen LogP contribution in [0.4, 0.5) is 4.39 Å². The number of alkyl halides is 1. The quantitative estimate of drug-likeness (QED) is 0.365. The van der Waals surface area contributed by atoms with Crippen molar-refractivity contribution in [3.05, 3.63) is 47.1 Å². The summed E-state index contributed by atoms with van der Waals surface area (Å²) >= 11 is 0. The van der Waals surface area contributed by atoms with Crippen LogP contribution >= 0.6 is 0 Å². The van der Waals surface area contributed by atoms with Gasteiger partial charge in [-0.15, -0.1) is 0 Å². The summed E-state index contributed by atoms with van der Waals surface area (Å²) in [5.41, 5.74) is 5.48. The number of fused-ring (bicyclic) bond motifs is 1. The zero-order valence-electron chi connectivity index (χ0n) is 20.1. The van der Waals surface area contributed by atoms with Crippen molar-refractivity contribution >= 4 is 0 Å². The summed E-state index contributed by atoms with van der Waals surface area (Å²) < 4.78 is 14.0. The second-order valence-corrected chi connectivity index (χ2v) is 9.95. The van der Waals surface area contributed by atoms with Gasteiger partial charge in [0.25, 0.3) is 0 Å². The normalized spacial score (nSPS) is 34.8. The third-order valence-corrected chi connectivity index (χ3v) is 7.91. The Morgan fingerprint density at radius 3 is 2.65 bits per heavy atom. The predicted octanol–water partition coefficient (Wildman–Crippen LogP) is 7.63. The van der Waals surface area contributed by atoms with Crippen LogP contribution in [0.15, 0.2) is 47.1 Å². The number of halogens is 1. The Labute approximate surface area is 189 Å². The third kappa shape index (κ3) is 4.93. The molecule has 0 bridgehead atoms. The first kappa shape index (κ1) is 24.1. The molecule has 4 atom stereocenters. The number of aliphatic hydroxyl groups is 1. The van der Waals surface area contributed by atoms with Gasteiger partial charge in [-0.2, -0.15) is 0 Å². The zero-order valence-corrected chi connectivity index (χ0v) is 20.1. The number of hydrogen-bond donors (Lipinski definition) is 1. The van der Waals surface area contributed by atoms with Crippen LogP contribution < -0.4 is 0 Å². The standard InChI is InChI=1S/C27H35FO.C2H6/c1-19(29)7-5-16-27(17-18-27)25-14-13-23-22(9-6-15-26(23,25)3)12-11-21-8-4-10-24(28)20(21)2;1-2/h11-12,14,19,23-24,29H,2,4,6,8-10,13,15-18H2,1,3H3;1-2H3/b21-11-,22-12+;. The van der Waals surface area contributed by atoms with E-state index >= 15 is 0 Å². The third-order valence-electron chi connectivity index (χ3n) is 7.91. The number of aliphatic hydroxyl groups excluding tert-OH is 1. The van der Waals surface area contributed by atoms with Crippen LogP contribution in [0.3, 0.4) is 0 Å². The maximum absolute atomic E-state index is 14.0. The van der Waals surface area contributed by atoms with Crippen molar-refractivity contribution in [3.63, 3.8) is 0 Å². The Bertz CT molecular complexity index is 827. The van der Waals surface area contributed by atoms with E-state index in [9.17, 15) is 9.50 Å². The highest BCUT2D eigenvalue weighted by molar-refractivity contribution is 5.42. The van der Waals surface area contributed by atoms with Gasteiger partial charge in [0.2, 0.25) is 0 Å². The van der Waals surface area contributed by atoms with Gasteiger partial charge in [-0.1, -0.05) is 68.6 Å². The summed E-state index contributed by atoms with van der Waals surface area (Å²) in [6.45, 7) is 12.2. The highest BCUT2D eigenvalue weighted by Crippen LogP contribution is 2.67. The molecule has 31 heavy (non-hydrogen) atoms. The van der Waals surface area contributed by atoms with Crippen molar-refractivity contribution < 1.29 is 9.50 Å². The first-order chi connectivity index (χ1) is 14.9. The van der Waals surface area contributed by atoms with E-state index in [4.69, 9.17) is 0 Å². The maximum atomic E-state index is 14.0. The SMILES string of the molecule is C=C1/C(=C\C=C2/CCCC3(C)C(C4(CC#CC(C)O)CC4)=CCC23)CCCC1F.CC. The molecule has 0 amide bonds. The van der Waals surface area contributed by atoms with E-state index in [0.29, 0.717) is 17.9 Å². The molecule has 0 aromatic rings. The van der Waals surface area contributed by atoms with Gasteiger partial charge in [0.15, 0.2) is 0 Å². The van der Waals surface area contributed by atoms with Crippen LogP contribution in [0, 0.1) is 28.6 Å². The number of rotatable bonds is 3. The molecule has 4 aliphatic rings. The number of allylic oxidation sites excluding steroid dienone is 7. The van der Waals surface area contributed by atoms with Gasteiger partial charge in [0.05, 0.1) is 0 Å². The molecular formula is C29H41FO. The second-order valence-electron chi connectivity index (χ2n) is 9.95. The van der Waals surface area contributed by atoms with Crippen molar-refractivity contribution in [1.29, 1.82) is 0 Å². The molecule has 0 radical (unpaired) electrons. The fourth-order valence-corrected chi connectivity index (χ4v) is 6.11.